The van der Waals surface area contributed by atoms with Crippen molar-refractivity contribution in [1.29, 1.82) is 0 Å². The van der Waals surface area contributed by atoms with Gasteiger partial charge < -0.3 is 26.4 Å². The number of primary amides is 1. The van der Waals surface area contributed by atoms with Gasteiger partial charge in [0, 0.05) is 14.1 Å². The van der Waals surface area contributed by atoms with Gasteiger partial charge in [-0.05, 0) is 12.1 Å². The first-order chi connectivity index (χ1) is 9.81. The standard InChI is InChI=1S/C13H18N4O4/c1-17(2)10-6-4-3-5-8(10)15-13(21)16-9(12(19)20)7-11(14)18/h3-6,9H,7H2,1-2H3,(H2,14,18)(H,19,20)(H2,15,16,21). The lowest BCUT2D eigenvalue weighted by molar-refractivity contribution is -0.140. The second-order valence-corrected chi connectivity index (χ2v) is 4.57. The zero-order chi connectivity index (χ0) is 16.0. The van der Waals surface area contributed by atoms with Crippen LogP contribution in [-0.2, 0) is 9.59 Å². The van der Waals surface area contributed by atoms with E-state index in [-0.39, 0.29) is 0 Å². The molecule has 0 saturated heterocycles. The van der Waals surface area contributed by atoms with Gasteiger partial charge in [0.15, 0.2) is 0 Å². The van der Waals surface area contributed by atoms with Crippen LogP contribution in [-0.4, -0.2) is 43.2 Å². The molecule has 0 saturated carbocycles. The van der Waals surface area contributed by atoms with Crippen LogP contribution >= 0.6 is 0 Å². The molecule has 0 aliphatic rings. The third kappa shape index (κ3) is 5.01. The van der Waals surface area contributed by atoms with Crippen LogP contribution in [0.25, 0.3) is 0 Å². The maximum absolute atomic E-state index is 11.8. The molecule has 1 rings (SSSR count). The predicted molar refractivity (Wildman–Crippen MR) is 78.2 cm³/mol. The SMILES string of the molecule is CN(C)c1ccccc1NC(=O)NC(CC(N)=O)C(=O)O. The number of urea groups is 1. The molecule has 8 nitrogen and oxygen atoms in total. The Morgan fingerprint density at radius 1 is 1.29 bits per heavy atom. The highest BCUT2D eigenvalue weighted by molar-refractivity contribution is 5.96. The number of benzene rings is 1. The first kappa shape index (κ1) is 16.3. The van der Waals surface area contributed by atoms with Crippen molar-refractivity contribution < 1.29 is 19.5 Å². The smallest absolute Gasteiger partial charge is 0.326 e. The van der Waals surface area contributed by atoms with Gasteiger partial charge in [-0.15, -0.1) is 0 Å². The molecule has 0 heterocycles. The summed E-state index contributed by atoms with van der Waals surface area (Å²) < 4.78 is 0. The van der Waals surface area contributed by atoms with Crippen LogP contribution in [0.4, 0.5) is 16.2 Å². The van der Waals surface area contributed by atoms with Crippen molar-refractivity contribution in [1.82, 2.24) is 5.32 Å². The van der Waals surface area contributed by atoms with E-state index in [1.54, 1.807) is 23.1 Å². The number of hydrogen-bond acceptors (Lipinski definition) is 4. The van der Waals surface area contributed by atoms with E-state index in [0.717, 1.165) is 5.69 Å². The van der Waals surface area contributed by atoms with E-state index in [0.29, 0.717) is 5.69 Å². The quantitative estimate of drug-likeness (QED) is 0.596. The van der Waals surface area contributed by atoms with Gasteiger partial charge in [-0.2, -0.15) is 0 Å². The van der Waals surface area contributed by atoms with Gasteiger partial charge in [-0.25, -0.2) is 9.59 Å². The van der Waals surface area contributed by atoms with E-state index in [1.165, 1.54) is 0 Å². The highest BCUT2D eigenvalue weighted by Crippen LogP contribution is 2.23. The number of hydrogen-bond donors (Lipinski definition) is 4. The third-order valence-corrected chi connectivity index (χ3v) is 2.64. The molecule has 114 valence electrons. The number of amides is 3. The lowest BCUT2D eigenvalue weighted by Gasteiger charge is -2.19. The van der Waals surface area contributed by atoms with Crippen LogP contribution in [0.2, 0.25) is 0 Å². The molecule has 0 aliphatic carbocycles. The van der Waals surface area contributed by atoms with Crippen molar-refractivity contribution in [2.45, 2.75) is 12.5 Å². The van der Waals surface area contributed by atoms with E-state index in [2.05, 4.69) is 10.6 Å². The lowest BCUT2D eigenvalue weighted by atomic mass is 10.2. The molecule has 0 bridgehead atoms. The number of carbonyl (C=O) groups is 3. The third-order valence-electron chi connectivity index (χ3n) is 2.64. The van der Waals surface area contributed by atoms with Crippen molar-refractivity contribution in [3.8, 4) is 0 Å². The first-order valence-electron chi connectivity index (χ1n) is 6.16. The second kappa shape index (κ2) is 7.13. The minimum absolute atomic E-state index is 0.474. The van der Waals surface area contributed by atoms with E-state index in [4.69, 9.17) is 10.8 Å². The zero-order valence-electron chi connectivity index (χ0n) is 11.8. The van der Waals surface area contributed by atoms with Crippen molar-refractivity contribution in [2.75, 3.05) is 24.3 Å². The number of carboxylic acids is 1. The summed E-state index contributed by atoms with van der Waals surface area (Å²) in [5.74, 6) is -2.14. The number of aliphatic carboxylic acids is 1. The summed E-state index contributed by atoms with van der Waals surface area (Å²) in [5.41, 5.74) is 6.22. The largest absolute Gasteiger partial charge is 0.480 e. The summed E-state index contributed by atoms with van der Waals surface area (Å²) in [4.78, 5) is 35.3. The maximum atomic E-state index is 11.8. The van der Waals surface area contributed by atoms with Crippen LogP contribution < -0.4 is 21.3 Å². The van der Waals surface area contributed by atoms with Crippen molar-refractivity contribution >= 4 is 29.3 Å². The van der Waals surface area contributed by atoms with E-state index in [9.17, 15) is 14.4 Å². The minimum atomic E-state index is -1.37. The topological polar surface area (TPSA) is 125 Å². The molecule has 0 fully saturated rings. The first-order valence-corrected chi connectivity index (χ1v) is 6.16. The molecule has 5 N–H and O–H groups in total. The number of anilines is 2. The summed E-state index contributed by atoms with van der Waals surface area (Å²) in [7, 11) is 3.62. The Morgan fingerprint density at radius 2 is 1.90 bits per heavy atom. The average Bonchev–Trinajstić information content (AvgIpc) is 2.37. The monoisotopic (exact) mass is 294 g/mol. The number of nitrogens with two attached hydrogens (primary N) is 1. The fourth-order valence-electron chi connectivity index (χ4n) is 1.69. The van der Waals surface area contributed by atoms with E-state index < -0.39 is 30.4 Å². The predicted octanol–water partition coefficient (Wildman–Crippen LogP) is 0.203. The van der Waals surface area contributed by atoms with Crippen molar-refractivity contribution in [3.63, 3.8) is 0 Å². The molecule has 8 heteroatoms. The number of rotatable bonds is 6. The van der Waals surface area contributed by atoms with E-state index in [1.807, 2.05) is 20.2 Å². The van der Waals surface area contributed by atoms with Crippen molar-refractivity contribution in [2.24, 2.45) is 5.73 Å². The molecule has 0 radical (unpaired) electrons. The Hall–Kier alpha value is -2.77. The molecule has 3 amide bonds. The molecule has 0 spiro atoms. The van der Waals surface area contributed by atoms with Gasteiger partial charge in [0.2, 0.25) is 5.91 Å². The zero-order valence-corrected chi connectivity index (χ0v) is 11.8. The molecule has 21 heavy (non-hydrogen) atoms. The average molecular weight is 294 g/mol. The minimum Gasteiger partial charge on any atom is -0.480 e. The summed E-state index contributed by atoms with van der Waals surface area (Å²) in [6, 6.07) is 4.94. The molecule has 1 aromatic rings. The van der Waals surface area contributed by atoms with Crippen molar-refractivity contribution in [3.05, 3.63) is 24.3 Å². The van der Waals surface area contributed by atoms with Gasteiger partial charge in [0.05, 0.1) is 17.8 Å². The van der Waals surface area contributed by atoms with Gasteiger partial charge in [0.25, 0.3) is 0 Å². The fourth-order valence-corrected chi connectivity index (χ4v) is 1.69. The van der Waals surface area contributed by atoms with Crippen LogP contribution in [0.3, 0.4) is 0 Å². The highest BCUT2D eigenvalue weighted by atomic mass is 16.4. The fraction of sp³-hybridized carbons (Fsp3) is 0.308. The lowest BCUT2D eigenvalue weighted by Crippen LogP contribution is -2.45. The molecule has 1 unspecified atom stereocenters. The number of nitrogens with one attached hydrogen (secondary N) is 2. The number of carboxylic acid groups (broad SMARTS) is 1. The Balaban J connectivity index is 2.77. The maximum Gasteiger partial charge on any atom is 0.326 e. The van der Waals surface area contributed by atoms with Gasteiger partial charge in [-0.1, -0.05) is 12.1 Å². The Bertz CT molecular complexity index is 545. The van der Waals surface area contributed by atoms with Gasteiger partial charge in [0.1, 0.15) is 6.04 Å². The Labute approximate surface area is 121 Å². The summed E-state index contributed by atoms with van der Waals surface area (Å²) in [6.45, 7) is 0. The summed E-state index contributed by atoms with van der Waals surface area (Å²) in [5, 5.41) is 13.7. The Kier molecular flexibility index (Phi) is 5.53. The Morgan fingerprint density at radius 3 is 2.43 bits per heavy atom. The van der Waals surface area contributed by atoms with Gasteiger partial charge >= 0.3 is 12.0 Å². The molecular formula is C13H18N4O4. The molecular weight excluding hydrogens is 276 g/mol. The van der Waals surface area contributed by atoms with Crippen LogP contribution in [0.1, 0.15) is 6.42 Å². The number of para-hydroxylation sites is 2. The molecule has 0 aromatic heterocycles. The summed E-state index contributed by atoms with van der Waals surface area (Å²) >= 11 is 0. The molecule has 1 atom stereocenters. The highest BCUT2D eigenvalue weighted by Gasteiger charge is 2.22. The van der Waals surface area contributed by atoms with Gasteiger partial charge in [-0.3, -0.25) is 4.79 Å². The number of nitrogens with zero attached hydrogens (tertiary/aromatic N) is 1. The molecule has 1 aromatic carbocycles. The normalized spacial score (nSPS) is 11.3. The van der Waals surface area contributed by atoms with Crippen LogP contribution in [0.5, 0.6) is 0 Å². The number of carbonyl (C=O) groups excluding carboxylic acids is 2. The molecule has 0 aliphatic heterocycles. The summed E-state index contributed by atoms with van der Waals surface area (Å²) in [6.07, 6.45) is -0.474. The van der Waals surface area contributed by atoms with E-state index >= 15 is 0 Å². The second-order valence-electron chi connectivity index (χ2n) is 4.57. The van der Waals surface area contributed by atoms with Crippen LogP contribution in [0.15, 0.2) is 24.3 Å². The van der Waals surface area contributed by atoms with Crippen LogP contribution in [0, 0.1) is 0 Å².